The van der Waals surface area contributed by atoms with Crippen LogP contribution in [0.4, 0.5) is 11.4 Å². The second-order valence-corrected chi connectivity index (χ2v) is 12.2. The first-order valence-corrected chi connectivity index (χ1v) is 14.6. The highest BCUT2D eigenvalue weighted by atomic mass is 32.2. The Balaban J connectivity index is 2.48. The quantitative estimate of drug-likeness (QED) is 0.190. The van der Waals surface area contributed by atoms with Crippen molar-refractivity contribution in [3.8, 4) is 0 Å². The Kier molecular flexibility index (Phi) is 9.14. The van der Waals surface area contributed by atoms with E-state index in [9.17, 15) is 35.4 Å². The van der Waals surface area contributed by atoms with Crippen LogP contribution in [0.25, 0.3) is 0 Å². The van der Waals surface area contributed by atoms with E-state index in [0.29, 0.717) is 0 Å². The van der Waals surface area contributed by atoms with Gasteiger partial charge in [0.25, 0.3) is 25.9 Å². The van der Waals surface area contributed by atoms with Crippen molar-refractivity contribution in [1.82, 2.24) is 4.31 Å². The first-order valence-electron chi connectivity index (χ1n) is 9.51. The van der Waals surface area contributed by atoms with Crippen molar-refractivity contribution in [1.29, 1.82) is 0 Å². The van der Waals surface area contributed by atoms with Gasteiger partial charge >= 0.3 is 0 Å². The Morgan fingerprint density at radius 1 is 1.00 bits per heavy atom. The van der Waals surface area contributed by atoms with Crippen molar-refractivity contribution in [3.63, 3.8) is 0 Å². The lowest BCUT2D eigenvalue weighted by atomic mass is 10.2. The number of nitro benzene ring substituents is 1. The smallest absolute Gasteiger partial charge is 0.270 e. The van der Waals surface area contributed by atoms with Crippen molar-refractivity contribution in [2.24, 2.45) is 0 Å². The van der Waals surface area contributed by atoms with Crippen LogP contribution in [0.3, 0.4) is 0 Å². The van der Waals surface area contributed by atoms with E-state index in [-0.39, 0.29) is 58.3 Å². The average Bonchev–Trinajstić information content (AvgIpc) is 2.71. The third kappa shape index (κ3) is 8.43. The number of anilines is 1. The molecule has 1 aliphatic heterocycles. The van der Waals surface area contributed by atoms with Gasteiger partial charge in [0.1, 0.15) is 4.90 Å². The minimum absolute atomic E-state index is 0.00120. The molecule has 33 heavy (non-hydrogen) atoms. The Bertz CT molecular complexity index is 1120. The number of non-ortho nitro benzene ring substituents is 1. The largest absolute Gasteiger partial charge is 0.379 e. The van der Waals surface area contributed by atoms with Crippen molar-refractivity contribution in [3.05, 3.63) is 28.3 Å². The van der Waals surface area contributed by atoms with Gasteiger partial charge in [0, 0.05) is 38.3 Å². The molecule has 0 unspecified atom stereocenters. The highest BCUT2D eigenvalue weighted by Crippen LogP contribution is 2.32. The summed E-state index contributed by atoms with van der Waals surface area (Å²) >= 11 is 0. The molecule has 2 rings (SSSR count). The molecule has 0 amide bonds. The molecule has 0 atom stereocenters. The van der Waals surface area contributed by atoms with Crippen LogP contribution in [0.15, 0.2) is 23.1 Å². The number of morpholine rings is 1. The summed E-state index contributed by atoms with van der Waals surface area (Å²) in [6.45, 7) is -0.738. The number of sulfonamides is 1. The van der Waals surface area contributed by atoms with Crippen LogP contribution in [-0.2, 0) is 43.4 Å². The summed E-state index contributed by atoms with van der Waals surface area (Å²) in [6, 6.07) is 3.20. The lowest BCUT2D eigenvalue weighted by Gasteiger charge is -2.30. The lowest BCUT2D eigenvalue weighted by molar-refractivity contribution is -0.385. The Labute approximate surface area is 192 Å². The number of hydrogen-bond acceptors (Lipinski definition) is 12. The number of nitro groups is 1. The zero-order valence-corrected chi connectivity index (χ0v) is 20.4. The monoisotopic (exact) mass is 531 g/mol. The molecule has 0 radical (unpaired) electrons. The Hall–Kier alpha value is -1.89. The fraction of sp³-hybridized carbons (Fsp3) is 0.625. The molecule has 0 bridgehead atoms. The van der Waals surface area contributed by atoms with E-state index in [4.69, 9.17) is 13.1 Å². The lowest BCUT2D eigenvalue weighted by Crippen LogP contribution is -2.41. The fourth-order valence-corrected chi connectivity index (χ4v) is 5.35. The summed E-state index contributed by atoms with van der Waals surface area (Å²) in [6.07, 6.45) is 1.68. The average molecular weight is 532 g/mol. The number of hydrogen-bond donors (Lipinski definition) is 0. The summed E-state index contributed by atoms with van der Waals surface area (Å²) < 4.78 is 87.6. The van der Waals surface area contributed by atoms with Gasteiger partial charge in [0.15, 0.2) is 0 Å². The topological polar surface area (TPSA) is 180 Å². The van der Waals surface area contributed by atoms with Gasteiger partial charge in [-0.1, -0.05) is 0 Å². The molecule has 1 aromatic rings. The number of nitrogens with zero attached hydrogens (tertiary/aromatic N) is 3. The van der Waals surface area contributed by atoms with Crippen molar-refractivity contribution in [2.75, 3.05) is 70.0 Å². The summed E-state index contributed by atoms with van der Waals surface area (Å²) in [5.74, 6) is 0. The van der Waals surface area contributed by atoms with E-state index < -0.39 is 45.8 Å². The van der Waals surface area contributed by atoms with Crippen LogP contribution in [0.2, 0.25) is 0 Å². The molecule has 14 nitrogen and oxygen atoms in total. The maximum absolute atomic E-state index is 13.3. The van der Waals surface area contributed by atoms with Crippen LogP contribution < -0.4 is 4.90 Å². The normalized spacial score (nSPS) is 15.9. The molecule has 1 aromatic carbocycles. The molecule has 1 saturated heterocycles. The van der Waals surface area contributed by atoms with E-state index in [0.717, 1.165) is 28.9 Å². The standard InChI is InChI=1S/C16H25N3O11S3/c1-31(22,23)29-11-5-17(6-12-30-32(2,24)25)15-4-3-14(19(20)21)13-16(15)33(26,27)18-7-9-28-10-8-18/h3-4,13H,5-12H2,1-2H3. The van der Waals surface area contributed by atoms with Crippen molar-refractivity contribution < 1.29 is 43.3 Å². The van der Waals surface area contributed by atoms with Crippen LogP contribution in [-0.4, -0.2) is 99.6 Å². The molecule has 0 aromatic heterocycles. The SMILES string of the molecule is CS(=O)(=O)OCCN(CCOS(C)(=O)=O)c1ccc([N+](=O)[O-])cc1S(=O)(=O)N1CCOCC1. The molecule has 17 heteroatoms. The van der Waals surface area contributed by atoms with Gasteiger partial charge in [0.05, 0.1) is 49.5 Å². The second-order valence-electron chi connectivity index (χ2n) is 6.96. The molecule has 0 N–H and O–H groups in total. The van der Waals surface area contributed by atoms with Crippen molar-refractivity contribution in [2.45, 2.75) is 4.90 Å². The second kappa shape index (κ2) is 11.0. The predicted molar refractivity (Wildman–Crippen MR) is 116 cm³/mol. The van der Waals surface area contributed by atoms with Gasteiger partial charge < -0.3 is 9.64 Å². The van der Waals surface area contributed by atoms with Gasteiger partial charge in [-0.15, -0.1) is 0 Å². The molecule has 1 fully saturated rings. The zero-order valence-electron chi connectivity index (χ0n) is 17.9. The molecule has 1 aliphatic rings. The van der Waals surface area contributed by atoms with Crippen LogP contribution in [0.1, 0.15) is 0 Å². The summed E-state index contributed by atoms with van der Waals surface area (Å²) in [5, 5.41) is 11.3. The third-order valence-electron chi connectivity index (χ3n) is 4.40. The van der Waals surface area contributed by atoms with E-state index in [1.54, 1.807) is 0 Å². The van der Waals surface area contributed by atoms with E-state index in [1.807, 2.05) is 0 Å². The van der Waals surface area contributed by atoms with Gasteiger partial charge in [-0.2, -0.15) is 21.1 Å². The molecule has 188 valence electrons. The highest BCUT2D eigenvalue weighted by Gasteiger charge is 2.32. The Morgan fingerprint density at radius 2 is 1.52 bits per heavy atom. The van der Waals surface area contributed by atoms with E-state index in [1.165, 1.54) is 11.0 Å². The summed E-state index contributed by atoms with van der Waals surface area (Å²) in [7, 11) is -11.8. The first kappa shape index (κ1) is 27.4. The highest BCUT2D eigenvalue weighted by molar-refractivity contribution is 7.89. The molecule has 0 saturated carbocycles. The van der Waals surface area contributed by atoms with Gasteiger partial charge in [-0.05, 0) is 6.07 Å². The maximum Gasteiger partial charge on any atom is 0.270 e. The number of benzene rings is 1. The molecular weight excluding hydrogens is 506 g/mol. The summed E-state index contributed by atoms with van der Waals surface area (Å²) in [5.41, 5.74) is -0.466. The number of ether oxygens (including phenoxy) is 1. The van der Waals surface area contributed by atoms with E-state index in [2.05, 4.69) is 0 Å². The molecule has 0 aliphatic carbocycles. The number of rotatable bonds is 12. The predicted octanol–water partition coefficient (Wildman–Crippen LogP) is -0.625. The Morgan fingerprint density at radius 3 is 1.97 bits per heavy atom. The van der Waals surface area contributed by atoms with Crippen molar-refractivity contribution >= 4 is 41.6 Å². The minimum atomic E-state index is -4.21. The van der Waals surface area contributed by atoms with Crippen LogP contribution >= 0.6 is 0 Å². The molecule has 1 heterocycles. The minimum Gasteiger partial charge on any atom is -0.379 e. The van der Waals surface area contributed by atoms with E-state index >= 15 is 0 Å². The molecular formula is C16H25N3O11S3. The first-order chi connectivity index (χ1) is 15.2. The van der Waals surface area contributed by atoms with Gasteiger partial charge in [0.2, 0.25) is 10.0 Å². The summed E-state index contributed by atoms with van der Waals surface area (Å²) in [4.78, 5) is 11.5. The maximum atomic E-state index is 13.3. The van der Waals surface area contributed by atoms with Crippen LogP contribution in [0.5, 0.6) is 0 Å². The zero-order chi connectivity index (χ0) is 24.9. The van der Waals surface area contributed by atoms with Gasteiger partial charge in [-0.3, -0.25) is 18.5 Å². The fourth-order valence-electron chi connectivity index (χ4n) is 2.96. The third-order valence-corrected chi connectivity index (χ3v) is 7.52. The van der Waals surface area contributed by atoms with Crippen LogP contribution in [0, 0.1) is 10.1 Å². The molecule has 0 spiro atoms. The van der Waals surface area contributed by atoms with Gasteiger partial charge in [-0.25, -0.2) is 8.42 Å².